The normalized spacial score (nSPS) is 18.1. The lowest BCUT2D eigenvalue weighted by atomic mass is 10.1. The number of nitrogens with zero attached hydrogens (tertiary/aromatic N) is 1. The van der Waals surface area contributed by atoms with Gasteiger partial charge < -0.3 is 23.8 Å². The molecular formula is C20H21NO5S. The molecule has 0 N–H and O–H groups in total. The van der Waals surface area contributed by atoms with Crippen LogP contribution >= 0.6 is 11.8 Å². The van der Waals surface area contributed by atoms with E-state index in [0.717, 1.165) is 40.5 Å². The molecule has 0 spiro atoms. The molecule has 0 saturated carbocycles. The minimum atomic E-state index is -0.0865. The molecular weight excluding hydrogens is 366 g/mol. The number of hydrogen-bond donors (Lipinski definition) is 0. The van der Waals surface area contributed by atoms with Crippen LogP contribution in [0.5, 0.6) is 23.0 Å². The zero-order valence-electron chi connectivity index (χ0n) is 15.3. The molecule has 7 heteroatoms. The molecule has 2 aromatic carbocycles. The lowest BCUT2D eigenvalue weighted by Gasteiger charge is -2.26. The van der Waals surface area contributed by atoms with Gasteiger partial charge in [0.05, 0.1) is 20.0 Å². The molecule has 6 nitrogen and oxygen atoms in total. The van der Waals surface area contributed by atoms with E-state index in [0.29, 0.717) is 12.3 Å². The van der Waals surface area contributed by atoms with E-state index in [1.54, 1.807) is 26.0 Å². The summed E-state index contributed by atoms with van der Waals surface area (Å²) in [6, 6.07) is 11.6. The molecule has 1 fully saturated rings. The van der Waals surface area contributed by atoms with Gasteiger partial charge in [-0.2, -0.15) is 0 Å². The van der Waals surface area contributed by atoms with E-state index in [1.165, 1.54) is 0 Å². The van der Waals surface area contributed by atoms with Crippen LogP contribution < -0.4 is 18.9 Å². The minimum Gasteiger partial charge on any atom is -0.497 e. The predicted octanol–water partition coefficient (Wildman–Crippen LogP) is 3.25. The van der Waals surface area contributed by atoms with Gasteiger partial charge in [-0.05, 0) is 42.3 Å². The lowest BCUT2D eigenvalue weighted by molar-refractivity contribution is -0.128. The van der Waals surface area contributed by atoms with Gasteiger partial charge in [-0.3, -0.25) is 4.79 Å². The average molecular weight is 387 g/mol. The second kappa shape index (κ2) is 7.60. The molecule has 0 bridgehead atoms. The Hall–Kier alpha value is -2.54. The van der Waals surface area contributed by atoms with Gasteiger partial charge in [-0.15, -0.1) is 11.8 Å². The molecule has 2 aliphatic heterocycles. The van der Waals surface area contributed by atoms with Crippen molar-refractivity contribution in [2.75, 3.05) is 33.3 Å². The zero-order chi connectivity index (χ0) is 18.8. The molecule has 1 atom stereocenters. The van der Waals surface area contributed by atoms with E-state index >= 15 is 0 Å². The summed E-state index contributed by atoms with van der Waals surface area (Å²) in [5.74, 6) is 3.64. The van der Waals surface area contributed by atoms with Crippen LogP contribution in [0.15, 0.2) is 36.4 Å². The van der Waals surface area contributed by atoms with E-state index < -0.39 is 0 Å². The van der Waals surface area contributed by atoms with Crippen LogP contribution in [0.1, 0.15) is 16.5 Å². The van der Waals surface area contributed by atoms with Gasteiger partial charge in [0.15, 0.2) is 11.5 Å². The van der Waals surface area contributed by atoms with Gasteiger partial charge in [0.1, 0.15) is 16.9 Å². The Labute approximate surface area is 162 Å². The van der Waals surface area contributed by atoms with Crippen molar-refractivity contribution in [1.82, 2.24) is 4.90 Å². The van der Waals surface area contributed by atoms with Gasteiger partial charge in [0, 0.05) is 12.1 Å². The van der Waals surface area contributed by atoms with Crippen LogP contribution in [-0.4, -0.2) is 44.1 Å². The number of hydrogen-bond acceptors (Lipinski definition) is 6. The van der Waals surface area contributed by atoms with Gasteiger partial charge >= 0.3 is 0 Å². The lowest BCUT2D eigenvalue weighted by Crippen LogP contribution is -2.30. The number of methoxy groups -OCH3 is 2. The Morgan fingerprint density at radius 1 is 1.11 bits per heavy atom. The first-order valence-electron chi connectivity index (χ1n) is 8.71. The Kier molecular flexibility index (Phi) is 5.03. The van der Waals surface area contributed by atoms with Gasteiger partial charge in [-0.1, -0.05) is 6.07 Å². The second-order valence-corrected chi connectivity index (χ2v) is 7.36. The maximum atomic E-state index is 12.5. The minimum absolute atomic E-state index is 0.0865. The summed E-state index contributed by atoms with van der Waals surface area (Å²) in [6.07, 6.45) is 0.742. The standard InChI is InChI=1S/C20H21NO5S/c1-23-14-4-6-16(24-2)15(10-14)20-21(19(22)11-27-20)8-7-13-3-5-17-18(9-13)26-12-25-17/h3-6,9-10,20H,7-8,11-12H2,1-2H3. The van der Waals surface area contributed by atoms with Crippen LogP contribution in [0, 0.1) is 0 Å². The third kappa shape index (κ3) is 3.51. The summed E-state index contributed by atoms with van der Waals surface area (Å²) in [5, 5.41) is -0.0865. The first kappa shape index (κ1) is 17.9. The van der Waals surface area contributed by atoms with Crippen molar-refractivity contribution in [2.45, 2.75) is 11.8 Å². The first-order valence-corrected chi connectivity index (χ1v) is 9.76. The summed E-state index contributed by atoms with van der Waals surface area (Å²) in [7, 11) is 3.28. The molecule has 2 aromatic rings. The number of rotatable bonds is 6. The molecule has 0 aliphatic carbocycles. The molecule has 0 aromatic heterocycles. The highest BCUT2D eigenvalue weighted by Gasteiger charge is 2.34. The first-order chi connectivity index (χ1) is 13.2. The fourth-order valence-electron chi connectivity index (χ4n) is 3.33. The van der Waals surface area contributed by atoms with E-state index in [9.17, 15) is 4.79 Å². The Morgan fingerprint density at radius 3 is 2.78 bits per heavy atom. The topological polar surface area (TPSA) is 57.2 Å². The van der Waals surface area contributed by atoms with Crippen LogP contribution in [0.25, 0.3) is 0 Å². The van der Waals surface area contributed by atoms with Crippen molar-refractivity contribution in [3.63, 3.8) is 0 Å². The number of carbonyl (C=O) groups excluding carboxylic acids is 1. The van der Waals surface area contributed by atoms with E-state index in [-0.39, 0.29) is 18.1 Å². The monoisotopic (exact) mass is 387 g/mol. The van der Waals surface area contributed by atoms with Crippen molar-refractivity contribution in [3.05, 3.63) is 47.5 Å². The highest BCUT2D eigenvalue weighted by molar-refractivity contribution is 8.00. The van der Waals surface area contributed by atoms with Crippen molar-refractivity contribution in [2.24, 2.45) is 0 Å². The van der Waals surface area contributed by atoms with Gasteiger partial charge in [0.2, 0.25) is 12.7 Å². The van der Waals surface area contributed by atoms with Crippen molar-refractivity contribution in [3.8, 4) is 23.0 Å². The smallest absolute Gasteiger partial charge is 0.233 e. The Balaban J connectivity index is 1.53. The number of carbonyl (C=O) groups is 1. The van der Waals surface area contributed by atoms with E-state index in [4.69, 9.17) is 18.9 Å². The fourth-order valence-corrected chi connectivity index (χ4v) is 4.56. The van der Waals surface area contributed by atoms with Crippen molar-refractivity contribution < 1.29 is 23.7 Å². The van der Waals surface area contributed by atoms with Crippen LogP contribution in [0.2, 0.25) is 0 Å². The molecule has 2 aliphatic rings. The summed E-state index contributed by atoms with van der Waals surface area (Å²) in [5.41, 5.74) is 2.07. The highest BCUT2D eigenvalue weighted by atomic mass is 32.2. The number of ether oxygens (including phenoxy) is 4. The molecule has 1 amide bonds. The molecule has 1 saturated heterocycles. The third-order valence-electron chi connectivity index (χ3n) is 4.75. The van der Waals surface area contributed by atoms with Crippen molar-refractivity contribution >= 4 is 17.7 Å². The zero-order valence-corrected chi connectivity index (χ0v) is 16.1. The Morgan fingerprint density at radius 2 is 1.96 bits per heavy atom. The maximum absolute atomic E-state index is 12.5. The number of thioether (sulfide) groups is 1. The molecule has 4 rings (SSSR count). The average Bonchev–Trinajstić information content (AvgIpc) is 3.31. The Bertz CT molecular complexity index is 856. The van der Waals surface area contributed by atoms with Crippen LogP contribution in [0.3, 0.4) is 0 Å². The number of fused-ring (bicyclic) bond motifs is 1. The highest BCUT2D eigenvalue weighted by Crippen LogP contribution is 2.43. The predicted molar refractivity (Wildman–Crippen MR) is 103 cm³/mol. The molecule has 1 unspecified atom stereocenters. The third-order valence-corrected chi connectivity index (χ3v) is 5.99. The second-order valence-electron chi connectivity index (χ2n) is 6.30. The van der Waals surface area contributed by atoms with Crippen molar-refractivity contribution in [1.29, 1.82) is 0 Å². The van der Waals surface area contributed by atoms with E-state index in [2.05, 4.69) is 0 Å². The van der Waals surface area contributed by atoms with Crippen LogP contribution in [-0.2, 0) is 11.2 Å². The SMILES string of the molecule is COc1ccc(OC)c(C2SCC(=O)N2CCc2ccc3c(c2)OCO3)c1. The fraction of sp³-hybridized carbons (Fsp3) is 0.350. The summed E-state index contributed by atoms with van der Waals surface area (Å²) in [6.45, 7) is 0.883. The quantitative estimate of drug-likeness (QED) is 0.758. The molecule has 142 valence electrons. The van der Waals surface area contributed by atoms with Gasteiger partial charge in [-0.25, -0.2) is 0 Å². The number of benzene rings is 2. The summed E-state index contributed by atoms with van der Waals surface area (Å²) in [4.78, 5) is 14.4. The summed E-state index contributed by atoms with van der Waals surface area (Å²) < 4.78 is 21.7. The number of amides is 1. The molecule has 2 heterocycles. The van der Waals surface area contributed by atoms with E-state index in [1.807, 2.05) is 41.3 Å². The molecule has 0 radical (unpaired) electrons. The van der Waals surface area contributed by atoms with Crippen LogP contribution in [0.4, 0.5) is 0 Å². The van der Waals surface area contributed by atoms with Gasteiger partial charge in [0.25, 0.3) is 0 Å². The summed E-state index contributed by atoms with van der Waals surface area (Å²) >= 11 is 1.61. The molecule has 27 heavy (non-hydrogen) atoms. The maximum Gasteiger partial charge on any atom is 0.233 e. The largest absolute Gasteiger partial charge is 0.497 e.